The van der Waals surface area contributed by atoms with E-state index in [4.69, 9.17) is 5.11 Å². The highest BCUT2D eigenvalue weighted by atomic mass is 32.2. The first kappa shape index (κ1) is 13.4. The van der Waals surface area contributed by atoms with Crippen LogP contribution in [0.25, 0.3) is 0 Å². The molecule has 1 fully saturated rings. The van der Waals surface area contributed by atoms with Gasteiger partial charge in [0.05, 0.1) is 12.7 Å². The summed E-state index contributed by atoms with van der Waals surface area (Å²) < 4.78 is 0. The lowest BCUT2D eigenvalue weighted by molar-refractivity contribution is 0.322. The highest BCUT2D eigenvalue weighted by Crippen LogP contribution is 2.31. The number of benzene rings is 1. The molecule has 18 heavy (non-hydrogen) atoms. The minimum Gasteiger partial charge on any atom is -0.396 e. The number of aliphatic hydroxyl groups excluding tert-OH is 1. The summed E-state index contributed by atoms with van der Waals surface area (Å²) in [5, 5.41) is 22.0. The highest BCUT2D eigenvalue weighted by Gasteiger charge is 2.37. The molecule has 1 saturated carbocycles. The zero-order valence-corrected chi connectivity index (χ0v) is 11.1. The first-order valence-corrected chi connectivity index (χ1v) is 7.39. The van der Waals surface area contributed by atoms with Crippen molar-refractivity contribution < 1.29 is 5.11 Å². The summed E-state index contributed by atoms with van der Waals surface area (Å²) in [6, 6.07) is 12.8. The summed E-state index contributed by atoms with van der Waals surface area (Å²) in [5.74, 6) is 1.34. The van der Waals surface area contributed by atoms with E-state index < -0.39 is 5.54 Å². The second kappa shape index (κ2) is 6.24. The second-order valence-corrected chi connectivity index (χ2v) is 5.68. The maximum Gasteiger partial charge on any atom is 0.141 e. The van der Waals surface area contributed by atoms with Crippen LogP contribution in [0.15, 0.2) is 30.3 Å². The average molecular weight is 262 g/mol. The lowest BCUT2D eigenvalue weighted by atomic mass is 9.93. The molecule has 3 nitrogen and oxygen atoms in total. The summed E-state index contributed by atoms with van der Waals surface area (Å²) in [4.78, 5) is 0. The Balaban J connectivity index is 2.16. The van der Waals surface area contributed by atoms with E-state index in [2.05, 4.69) is 11.4 Å². The van der Waals surface area contributed by atoms with Crippen molar-refractivity contribution in [3.05, 3.63) is 35.9 Å². The highest BCUT2D eigenvalue weighted by molar-refractivity contribution is 7.99. The number of rotatable bonds is 7. The van der Waals surface area contributed by atoms with Crippen LogP contribution in [0.1, 0.15) is 18.4 Å². The number of thioether (sulfide) groups is 1. The molecule has 1 aromatic rings. The van der Waals surface area contributed by atoms with Gasteiger partial charge in [-0.05, 0) is 18.4 Å². The molecule has 1 atom stereocenters. The van der Waals surface area contributed by atoms with Crippen molar-refractivity contribution in [2.75, 3.05) is 18.1 Å². The van der Waals surface area contributed by atoms with Crippen LogP contribution in [0, 0.1) is 11.3 Å². The van der Waals surface area contributed by atoms with E-state index in [1.54, 1.807) is 11.8 Å². The van der Waals surface area contributed by atoms with Crippen LogP contribution in [0.4, 0.5) is 0 Å². The Bertz CT molecular complexity index is 414. The summed E-state index contributed by atoms with van der Waals surface area (Å²) >= 11 is 1.61. The average Bonchev–Trinajstić information content (AvgIpc) is 3.23. The van der Waals surface area contributed by atoms with E-state index in [1.807, 2.05) is 30.3 Å². The molecule has 0 spiro atoms. The number of hydrogen-bond acceptors (Lipinski definition) is 4. The monoisotopic (exact) mass is 262 g/mol. The van der Waals surface area contributed by atoms with E-state index in [0.29, 0.717) is 17.5 Å². The first-order chi connectivity index (χ1) is 8.80. The van der Waals surface area contributed by atoms with Gasteiger partial charge in [0.25, 0.3) is 0 Å². The Morgan fingerprint density at radius 2 is 2.11 bits per heavy atom. The number of hydrogen-bond donors (Lipinski definition) is 2. The predicted octanol–water partition coefficient (Wildman–Crippen LogP) is 1.88. The van der Waals surface area contributed by atoms with Gasteiger partial charge < -0.3 is 5.11 Å². The van der Waals surface area contributed by atoms with Crippen LogP contribution >= 0.6 is 11.8 Å². The van der Waals surface area contributed by atoms with Crippen LogP contribution in [0.3, 0.4) is 0 Å². The smallest absolute Gasteiger partial charge is 0.141 e. The van der Waals surface area contributed by atoms with Crippen molar-refractivity contribution >= 4 is 11.8 Å². The van der Waals surface area contributed by atoms with Gasteiger partial charge in [0.15, 0.2) is 0 Å². The van der Waals surface area contributed by atoms with Crippen molar-refractivity contribution in [2.45, 2.75) is 24.4 Å². The number of nitrogens with one attached hydrogen (secondary N) is 1. The zero-order valence-electron chi connectivity index (χ0n) is 10.3. The van der Waals surface area contributed by atoms with Crippen LogP contribution in [-0.4, -0.2) is 29.3 Å². The summed E-state index contributed by atoms with van der Waals surface area (Å²) in [6.07, 6.45) is 2.31. The third kappa shape index (κ3) is 3.26. The predicted molar refractivity (Wildman–Crippen MR) is 74.3 cm³/mol. The molecule has 96 valence electrons. The van der Waals surface area contributed by atoms with Gasteiger partial charge in [-0.2, -0.15) is 17.0 Å². The molecule has 0 bridgehead atoms. The minimum atomic E-state index is -0.623. The third-order valence-corrected chi connectivity index (χ3v) is 4.15. The van der Waals surface area contributed by atoms with Gasteiger partial charge in [0.1, 0.15) is 5.54 Å². The van der Waals surface area contributed by atoms with Crippen LogP contribution < -0.4 is 5.32 Å². The van der Waals surface area contributed by atoms with Crippen LogP contribution in [-0.2, 0) is 5.54 Å². The molecular formula is C14H18N2OS. The van der Waals surface area contributed by atoms with E-state index in [9.17, 15) is 5.26 Å². The normalized spacial score (nSPS) is 18.0. The maximum atomic E-state index is 9.62. The van der Waals surface area contributed by atoms with Gasteiger partial charge in [-0.3, -0.25) is 5.32 Å². The Hall–Kier alpha value is -1.02. The Morgan fingerprint density at radius 3 is 2.67 bits per heavy atom. The molecule has 1 aliphatic carbocycles. The van der Waals surface area contributed by atoms with Crippen LogP contribution in [0.5, 0.6) is 0 Å². The number of aliphatic hydroxyl groups is 1. The van der Waals surface area contributed by atoms with Gasteiger partial charge in [-0.25, -0.2) is 0 Å². The largest absolute Gasteiger partial charge is 0.396 e. The first-order valence-electron chi connectivity index (χ1n) is 6.24. The van der Waals surface area contributed by atoms with Crippen molar-refractivity contribution in [2.24, 2.45) is 0 Å². The van der Waals surface area contributed by atoms with Crippen molar-refractivity contribution in [1.82, 2.24) is 5.32 Å². The zero-order chi connectivity index (χ0) is 12.8. The molecule has 4 heteroatoms. The summed E-state index contributed by atoms with van der Waals surface area (Å²) in [7, 11) is 0. The number of nitrogens with zero attached hydrogens (tertiary/aromatic N) is 1. The lowest BCUT2D eigenvalue weighted by Crippen LogP contribution is -2.45. The van der Waals surface area contributed by atoms with Crippen molar-refractivity contribution in [1.29, 1.82) is 5.26 Å². The Labute approximate surface area is 112 Å². The Kier molecular flexibility index (Phi) is 4.65. The fraction of sp³-hybridized carbons (Fsp3) is 0.500. The molecule has 1 unspecified atom stereocenters. The van der Waals surface area contributed by atoms with Gasteiger partial charge in [0, 0.05) is 17.5 Å². The fourth-order valence-corrected chi connectivity index (χ4v) is 2.82. The molecule has 1 aromatic carbocycles. The molecule has 0 amide bonds. The summed E-state index contributed by atoms with van der Waals surface area (Å²) in [5.41, 5.74) is 0.396. The third-order valence-electron chi connectivity index (χ3n) is 3.04. The van der Waals surface area contributed by atoms with E-state index >= 15 is 0 Å². The lowest BCUT2D eigenvalue weighted by Gasteiger charge is -2.28. The molecule has 1 aliphatic rings. The van der Waals surface area contributed by atoms with E-state index in [-0.39, 0.29) is 6.61 Å². The van der Waals surface area contributed by atoms with Gasteiger partial charge in [-0.1, -0.05) is 30.3 Å². The molecular weight excluding hydrogens is 244 g/mol. The molecule has 2 rings (SSSR count). The minimum absolute atomic E-state index is 0.157. The number of nitriles is 1. The fourth-order valence-electron chi connectivity index (χ4n) is 1.93. The molecule has 0 radical (unpaired) electrons. The molecule has 0 aliphatic heterocycles. The molecule has 0 heterocycles. The maximum absolute atomic E-state index is 9.62. The topological polar surface area (TPSA) is 56.0 Å². The molecule has 2 N–H and O–H groups in total. The molecule has 0 saturated heterocycles. The van der Waals surface area contributed by atoms with Gasteiger partial charge in [0.2, 0.25) is 0 Å². The SMILES string of the molecule is N#CC(CSCCO)(NC1CC1)c1ccccc1. The van der Waals surface area contributed by atoms with Gasteiger partial charge >= 0.3 is 0 Å². The van der Waals surface area contributed by atoms with Crippen LogP contribution in [0.2, 0.25) is 0 Å². The Morgan fingerprint density at radius 1 is 1.39 bits per heavy atom. The van der Waals surface area contributed by atoms with Gasteiger partial charge in [-0.15, -0.1) is 0 Å². The molecule has 0 aromatic heterocycles. The van der Waals surface area contributed by atoms with Crippen molar-refractivity contribution in [3.8, 4) is 6.07 Å². The van der Waals surface area contributed by atoms with E-state index in [1.165, 1.54) is 0 Å². The quantitative estimate of drug-likeness (QED) is 0.737. The second-order valence-electron chi connectivity index (χ2n) is 4.58. The van der Waals surface area contributed by atoms with E-state index in [0.717, 1.165) is 18.4 Å². The standard InChI is InChI=1S/C14H18N2OS/c15-10-14(11-18-9-8-17,16-13-6-7-13)12-4-2-1-3-5-12/h1-5,13,16-17H,6-9,11H2. The summed E-state index contributed by atoms with van der Waals surface area (Å²) in [6.45, 7) is 0.157. The van der Waals surface area contributed by atoms with Crippen molar-refractivity contribution in [3.63, 3.8) is 0 Å².